The molecule has 2 aromatic carbocycles. The fourth-order valence-electron chi connectivity index (χ4n) is 4.75. The molecule has 0 bridgehead atoms. The molecular weight excluding hydrogens is 482 g/mol. The summed E-state index contributed by atoms with van der Waals surface area (Å²) in [6.07, 6.45) is -4.88. The fraction of sp³-hybridized carbons (Fsp3) is 0.444. The van der Waals surface area contributed by atoms with E-state index in [0.717, 1.165) is 16.7 Å². The molecule has 6 N–H and O–H groups in total. The van der Waals surface area contributed by atoms with Crippen molar-refractivity contribution in [3.05, 3.63) is 64.8 Å². The summed E-state index contributed by atoms with van der Waals surface area (Å²) in [5.74, 6) is -3.23. The van der Waals surface area contributed by atoms with E-state index in [1.54, 1.807) is 6.07 Å². The van der Waals surface area contributed by atoms with Crippen LogP contribution in [0.5, 0.6) is 5.75 Å². The summed E-state index contributed by atoms with van der Waals surface area (Å²) in [6.45, 7) is 2.62. The number of ether oxygens (including phenoxy) is 2. The molecule has 5 atom stereocenters. The van der Waals surface area contributed by atoms with Gasteiger partial charge in [0.05, 0.1) is 19.8 Å². The summed E-state index contributed by atoms with van der Waals surface area (Å²) in [6, 6.07) is 13.3. The first kappa shape index (κ1) is 27.2. The number of hydrogen-bond donors (Lipinski definition) is 6. The molecule has 1 aliphatic rings. The van der Waals surface area contributed by atoms with Gasteiger partial charge in [0.25, 0.3) is 0 Å². The molecule has 200 valence electrons. The molecule has 0 spiro atoms. The summed E-state index contributed by atoms with van der Waals surface area (Å²) >= 11 is 0. The average molecular weight is 515 g/mol. The zero-order valence-electron chi connectivity index (χ0n) is 20.6. The molecule has 1 aromatic heterocycles. The normalized spacial score (nSPS) is 24.6. The van der Waals surface area contributed by atoms with Crippen LogP contribution in [0.15, 0.2) is 42.5 Å². The third-order valence-electron chi connectivity index (χ3n) is 6.88. The minimum absolute atomic E-state index is 0.0162. The largest absolute Gasteiger partial charge is 0.656 e. The van der Waals surface area contributed by atoms with Gasteiger partial charge in [0, 0.05) is 5.39 Å². The Morgan fingerprint density at radius 3 is 2.46 bits per heavy atom. The molecule has 4 rings (SSSR count). The molecule has 0 radical (unpaired) electrons. The first-order valence-corrected chi connectivity index (χ1v) is 12.1. The zero-order chi connectivity index (χ0) is 26.9. The van der Waals surface area contributed by atoms with Gasteiger partial charge < -0.3 is 45.1 Å². The molecule has 1 saturated heterocycles. The number of rotatable bonds is 9. The Hall–Kier alpha value is -2.83. The summed E-state index contributed by atoms with van der Waals surface area (Å²) < 4.78 is 10.5. The highest BCUT2D eigenvalue weighted by Crippen LogP contribution is 2.36. The third kappa shape index (κ3) is 5.27. The topological polar surface area (TPSA) is 171 Å². The van der Waals surface area contributed by atoms with E-state index in [1.807, 2.05) is 36.4 Å². The van der Waals surface area contributed by atoms with Crippen molar-refractivity contribution < 1.29 is 44.9 Å². The minimum Gasteiger partial charge on any atom is -0.656 e. The van der Waals surface area contributed by atoms with E-state index < -0.39 is 43.3 Å². The quantitative estimate of drug-likeness (QED) is 0.221. The second kappa shape index (κ2) is 10.9. The van der Waals surface area contributed by atoms with Crippen LogP contribution >= 0.6 is 0 Å². The number of benzene rings is 2. The first-order valence-electron chi connectivity index (χ1n) is 12.1. The van der Waals surface area contributed by atoms with Crippen molar-refractivity contribution in [1.82, 2.24) is 4.98 Å². The van der Waals surface area contributed by atoms with Crippen LogP contribution in [0.25, 0.3) is 10.9 Å². The molecular formula is C27H32NO9-. The van der Waals surface area contributed by atoms with E-state index >= 15 is 0 Å². The molecule has 0 amide bonds. The Bertz CT molecular complexity index is 1260. The highest BCUT2D eigenvalue weighted by atomic mass is 16.7. The Morgan fingerprint density at radius 2 is 1.84 bits per heavy atom. The van der Waals surface area contributed by atoms with E-state index in [2.05, 4.69) is 18.8 Å². The van der Waals surface area contributed by atoms with Crippen LogP contribution in [0.1, 0.15) is 42.1 Å². The number of aliphatic hydroxyl groups excluding tert-OH is 5. The monoisotopic (exact) mass is 514 g/mol. The van der Waals surface area contributed by atoms with Crippen molar-refractivity contribution in [1.29, 1.82) is 0 Å². The van der Waals surface area contributed by atoms with Crippen molar-refractivity contribution in [2.24, 2.45) is 5.92 Å². The van der Waals surface area contributed by atoms with Crippen LogP contribution < -0.4 is 9.72 Å². The molecule has 2 heterocycles. The SMILES string of the molecule is CC(C)C(Cc1ccc2[n-]c(CO)c(OC(=O)C3OC(O)(CO)C(O)C3O)c2c1)c1cccc(CO)c1. The molecule has 0 aliphatic carbocycles. The number of nitrogens with zero attached hydrogens (tertiary/aromatic N) is 1. The van der Waals surface area contributed by atoms with Crippen molar-refractivity contribution in [2.75, 3.05) is 6.61 Å². The Balaban J connectivity index is 1.64. The number of aliphatic hydroxyl groups is 6. The predicted octanol–water partition coefficient (Wildman–Crippen LogP) is 0.471. The van der Waals surface area contributed by atoms with Crippen molar-refractivity contribution in [3.8, 4) is 5.75 Å². The lowest BCUT2D eigenvalue weighted by atomic mass is 9.83. The molecule has 10 nitrogen and oxygen atoms in total. The number of fused-ring (bicyclic) bond motifs is 1. The number of carbonyl (C=O) groups excluding carboxylic acids is 1. The molecule has 1 aliphatic heterocycles. The van der Waals surface area contributed by atoms with Gasteiger partial charge in [0.2, 0.25) is 5.79 Å². The van der Waals surface area contributed by atoms with Crippen LogP contribution in [0.3, 0.4) is 0 Å². The average Bonchev–Trinajstić information content (AvgIpc) is 3.36. The van der Waals surface area contributed by atoms with E-state index in [4.69, 9.17) is 9.47 Å². The van der Waals surface area contributed by atoms with Gasteiger partial charge in [0.1, 0.15) is 18.0 Å². The second-order valence-corrected chi connectivity index (χ2v) is 9.75. The number of esters is 1. The standard InChI is InChI=1S/C27H32NO9/c1-14(2)18(17-5-3-4-16(8-17)11-29)9-15-6-7-20-19(10-15)23(21(12-30)28-20)36-26(34)24-22(32)25(33)27(35,13-31)37-24/h3-8,10,14,18,22,24-25,29-33,35H,9,11-13H2,1-2H3/q-1. The molecule has 1 fully saturated rings. The Morgan fingerprint density at radius 1 is 1.08 bits per heavy atom. The second-order valence-electron chi connectivity index (χ2n) is 9.75. The predicted molar refractivity (Wildman–Crippen MR) is 131 cm³/mol. The van der Waals surface area contributed by atoms with Crippen molar-refractivity contribution in [3.63, 3.8) is 0 Å². The highest BCUT2D eigenvalue weighted by molar-refractivity contribution is 5.91. The maximum absolute atomic E-state index is 12.8. The maximum Gasteiger partial charge on any atom is 0.343 e. The van der Waals surface area contributed by atoms with Gasteiger partial charge in [-0.25, -0.2) is 4.79 Å². The van der Waals surface area contributed by atoms with Crippen LogP contribution in [0.4, 0.5) is 0 Å². The lowest BCUT2D eigenvalue weighted by Crippen LogP contribution is -2.46. The zero-order valence-corrected chi connectivity index (χ0v) is 20.6. The van der Waals surface area contributed by atoms with Gasteiger partial charge in [-0.2, -0.15) is 0 Å². The lowest BCUT2D eigenvalue weighted by Gasteiger charge is -2.23. The first-order chi connectivity index (χ1) is 17.6. The van der Waals surface area contributed by atoms with E-state index in [1.165, 1.54) is 0 Å². The van der Waals surface area contributed by atoms with Crippen LogP contribution in [0, 0.1) is 5.92 Å². The summed E-state index contributed by atoms with van der Waals surface area (Å²) in [7, 11) is 0. The van der Waals surface area contributed by atoms with Crippen LogP contribution in [-0.2, 0) is 29.2 Å². The summed E-state index contributed by atoms with van der Waals surface area (Å²) in [4.78, 5) is 17.2. The number of hydrogen-bond acceptors (Lipinski definition) is 9. The Labute approximate surface area is 213 Å². The van der Waals surface area contributed by atoms with Crippen LogP contribution in [0.2, 0.25) is 0 Å². The molecule has 37 heavy (non-hydrogen) atoms. The smallest absolute Gasteiger partial charge is 0.343 e. The van der Waals surface area contributed by atoms with E-state index in [0.29, 0.717) is 17.3 Å². The Kier molecular flexibility index (Phi) is 8.00. The molecule has 3 aromatic rings. The molecule has 10 heteroatoms. The minimum atomic E-state index is -2.51. The molecule has 5 unspecified atom stereocenters. The van der Waals surface area contributed by atoms with Gasteiger partial charge in [-0.15, -0.1) is 5.52 Å². The van der Waals surface area contributed by atoms with E-state index in [9.17, 15) is 35.4 Å². The number of carbonyl (C=O) groups is 1. The van der Waals surface area contributed by atoms with Crippen molar-refractivity contribution in [2.45, 2.75) is 63.5 Å². The number of aromatic nitrogens is 1. The molecule has 0 saturated carbocycles. The summed E-state index contributed by atoms with van der Waals surface area (Å²) in [5.41, 5.74) is 3.43. The van der Waals surface area contributed by atoms with Gasteiger partial charge >= 0.3 is 5.97 Å². The lowest BCUT2D eigenvalue weighted by molar-refractivity contribution is -0.246. The maximum atomic E-state index is 12.8. The fourth-order valence-corrected chi connectivity index (χ4v) is 4.75. The van der Waals surface area contributed by atoms with Gasteiger partial charge in [-0.3, -0.25) is 0 Å². The third-order valence-corrected chi connectivity index (χ3v) is 6.88. The van der Waals surface area contributed by atoms with Gasteiger partial charge in [-0.1, -0.05) is 55.9 Å². The van der Waals surface area contributed by atoms with E-state index in [-0.39, 0.29) is 29.9 Å². The highest BCUT2D eigenvalue weighted by Gasteiger charge is 2.56. The van der Waals surface area contributed by atoms with Crippen LogP contribution in [-0.4, -0.2) is 67.3 Å². The van der Waals surface area contributed by atoms with Crippen molar-refractivity contribution >= 4 is 16.9 Å². The van der Waals surface area contributed by atoms with Gasteiger partial charge in [0.15, 0.2) is 6.10 Å². The summed E-state index contributed by atoms with van der Waals surface area (Å²) in [5, 5.41) is 59.4. The van der Waals surface area contributed by atoms with Gasteiger partial charge in [-0.05, 0) is 41.0 Å².